The highest BCUT2D eigenvalue weighted by Crippen LogP contribution is 2.37. The second-order valence-electron chi connectivity index (χ2n) is 5.43. The predicted octanol–water partition coefficient (Wildman–Crippen LogP) is 2.57. The number of anilines is 1. The van der Waals surface area contributed by atoms with Crippen molar-refractivity contribution in [2.75, 3.05) is 18.6 Å². The van der Waals surface area contributed by atoms with Gasteiger partial charge in [0.2, 0.25) is 5.91 Å². The van der Waals surface area contributed by atoms with E-state index >= 15 is 0 Å². The lowest BCUT2D eigenvalue weighted by atomic mass is 10.1. The zero-order chi connectivity index (χ0) is 14.5. The molecule has 2 N–H and O–H groups in total. The average molecular weight is 276 g/mol. The fourth-order valence-corrected chi connectivity index (χ4v) is 2.51. The molecule has 0 aromatic heterocycles. The van der Waals surface area contributed by atoms with E-state index in [1.807, 2.05) is 29.2 Å². The van der Waals surface area contributed by atoms with Crippen molar-refractivity contribution >= 4 is 11.6 Å². The van der Waals surface area contributed by atoms with E-state index in [-0.39, 0.29) is 11.9 Å². The van der Waals surface area contributed by atoms with Crippen molar-refractivity contribution in [3.63, 3.8) is 0 Å². The molecule has 1 amide bonds. The normalized spacial score (nSPS) is 15.8. The quantitative estimate of drug-likeness (QED) is 0.832. The first-order chi connectivity index (χ1) is 9.67. The summed E-state index contributed by atoms with van der Waals surface area (Å²) in [5, 5.41) is 0. The number of hydrogen-bond donors (Lipinski definition) is 1. The second-order valence-corrected chi connectivity index (χ2v) is 5.43. The van der Waals surface area contributed by atoms with Crippen LogP contribution in [0.4, 0.5) is 5.69 Å². The lowest BCUT2D eigenvalue weighted by molar-refractivity contribution is -0.119. The minimum Gasteiger partial charge on any atom is -0.497 e. The van der Waals surface area contributed by atoms with Gasteiger partial charge >= 0.3 is 0 Å². The van der Waals surface area contributed by atoms with E-state index in [4.69, 9.17) is 10.5 Å². The first kappa shape index (κ1) is 14.9. The lowest BCUT2D eigenvalue weighted by Crippen LogP contribution is -2.40. The Bertz CT molecular complexity index is 440. The summed E-state index contributed by atoms with van der Waals surface area (Å²) in [6.07, 6.45) is 3.69. The van der Waals surface area contributed by atoms with Gasteiger partial charge in [0.1, 0.15) is 5.75 Å². The molecule has 1 aliphatic rings. The topological polar surface area (TPSA) is 55.6 Å². The van der Waals surface area contributed by atoms with Crippen molar-refractivity contribution in [2.24, 2.45) is 11.7 Å². The summed E-state index contributed by atoms with van der Waals surface area (Å²) in [5.74, 6) is 1.61. The molecule has 1 aliphatic carbocycles. The van der Waals surface area contributed by atoms with Gasteiger partial charge in [0.25, 0.3) is 0 Å². The summed E-state index contributed by atoms with van der Waals surface area (Å²) in [7, 11) is 1.64. The Hall–Kier alpha value is -1.55. The smallest absolute Gasteiger partial charge is 0.227 e. The summed E-state index contributed by atoms with van der Waals surface area (Å²) in [6.45, 7) is 2.70. The molecule has 1 unspecified atom stereocenters. The summed E-state index contributed by atoms with van der Waals surface area (Å²) in [6, 6.07) is 7.97. The van der Waals surface area contributed by atoms with E-state index in [2.05, 4.69) is 6.92 Å². The van der Waals surface area contributed by atoms with Crippen LogP contribution >= 0.6 is 0 Å². The Kier molecular flexibility index (Phi) is 5.01. The largest absolute Gasteiger partial charge is 0.497 e. The average Bonchev–Trinajstić information content (AvgIpc) is 3.30. The molecule has 1 saturated carbocycles. The number of methoxy groups -OCH3 is 1. The van der Waals surface area contributed by atoms with E-state index in [9.17, 15) is 4.79 Å². The summed E-state index contributed by atoms with van der Waals surface area (Å²) < 4.78 is 5.17. The van der Waals surface area contributed by atoms with Crippen molar-refractivity contribution in [3.05, 3.63) is 24.3 Å². The van der Waals surface area contributed by atoms with Crippen LogP contribution in [0.1, 0.15) is 32.6 Å². The summed E-state index contributed by atoms with van der Waals surface area (Å²) in [4.78, 5) is 14.4. The van der Waals surface area contributed by atoms with Crippen molar-refractivity contribution in [1.82, 2.24) is 0 Å². The molecule has 1 fully saturated rings. The maximum Gasteiger partial charge on any atom is 0.227 e. The van der Waals surface area contributed by atoms with Crippen LogP contribution in [0.2, 0.25) is 0 Å². The highest BCUT2D eigenvalue weighted by atomic mass is 16.5. The lowest BCUT2D eigenvalue weighted by Gasteiger charge is -2.30. The van der Waals surface area contributed by atoms with E-state index in [0.29, 0.717) is 18.9 Å². The zero-order valence-corrected chi connectivity index (χ0v) is 12.3. The Balaban J connectivity index is 2.17. The molecule has 0 bridgehead atoms. The number of benzene rings is 1. The minimum atomic E-state index is 0.167. The molecule has 4 nitrogen and oxygen atoms in total. The molecule has 0 radical (unpaired) electrons. The molecule has 2 rings (SSSR count). The highest BCUT2D eigenvalue weighted by Gasteiger charge is 2.34. The number of ether oxygens (including phenoxy) is 1. The van der Waals surface area contributed by atoms with Gasteiger partial charge in [-0.3, -0.25) is 4.79 Å². The standard InChI is InChI=1S/C16H24N2O2/c1-12(13-5-6-13)18(16(19)4-3-11-17)14-7-9-15(20-2)10-8-14/h7-10,12-13H,3-6,11,17H2,1-2H3. The zero-order valence-electron chi connectivity index (χ0n) is 12.3. The predicted molar refractivity (Wildman–Crippen MR) is 81.0 cm³/mol. The number of nitrogens with two attached hydrogens (primary N) is 1. The number of nitrogens with zero attached hydrogens (tertiary/aromatic N) is 1. The Morgan fingerprint density at radius 3 is 2.55 bits per heavy atom. The maximum absolute atomic E-state index is 12.5. The van der Waals surface area contributed by atoms with Crippen LogP contribution in [-0.4, -0.2) is 25.6 Å². The highest BCUT2D eigenvalue weighted by molar-refractivity contribution is 5.94. The van der Waals surface area contributed by atoms with Crippen LogP contribution in [0.5, 0.6) is 5.75 Å². The van der Waals surface area contributed by atoms with Gasteiger partial charge in [-0.1, -0.05) is 0 Å². The summed E-state index contributed by atoms with van der Waals surface area (Å²) in [5.41, 5.74) is 6.47. The van der Waals surface area contributed by atoms with Gasteiger partial charge in [0.15, 0.2) is 0 Å². The van der Waals surface area contributed by atoms with Gasteiger partial charge in [-0.25, -0.2) is 0 Å². The van der Waals surface area contributed by atoms with Crippen LogP contribution in [0, 0.1) is 5.92 Å². The van der Waals surface area contributed by atoms with Crippen molar-refractivity contribution < 1.29 is 9.53 Å². The molecule has 0 saturated heterocycles. The number of amides is 1. The SMILES string of the molecule is COc1ccc(N(C(=O)CCCN)C(C)C2CC2)cc1. The fraction of sp³-hybridized carbons (Fsp3) is 0.562. The van der Waals surface area contributed by atoms with Crippen LogP contribution in [0.3, 0.4) is 0 Å². The molecular formula is C16H24N2O2. The van der Waals surface area contributed by atoms with E-state index in [1.54, 1.807) is 7.11 Å². The number of rotatable bonds is 7. The molecule has 1 atom stereocenters. The minimum absolute atomic E-state index is 0.167. The molecule has 4 heteroatoms. The first-order valence-corrected chi connectivity index (χ1v) is 7.33. The number of carbonyl (C=O) groups excluding carboxylic acids is 1. The maximum atomic E-state index is 12.5. The van der Waals surface area contributed by atoms with E-state index < -0.39 is 0 Å². The van der Waals surface area contributed by atoms with Crippen LogP contribution in [-0.2, 0) is 4.79 Å². The third-order valence-electron chi connectivity index (χ3n) is 3.93. The number of hydrogen-bond acceptors (Lipinski definition) is 3. The molecule has 20 heavy (non-hydrogen) atoms. The van der Waals surface area contributed by atoms with Crippen molar-refractivity contribution in [1.29, 1.82) is 0 Å². The van der Waals surface area contributed by atoms with E-state index in [0.717, 1.165) is 17.9 Å². The second kappa shape index (κ2) is 6.75. The monoisotopic (exact) mass is 276 g/mol. The Morgan fingerprint density at radius 2 is 2.05 bits per heavy atom. The van der Waals surface area contributed by atoms with Gasteiger partial charge in [0.05, 0.1) is 7.11 Å². The number of carbonyl (C=O) groups is 1. The van der Waals surface area contributed by atoms with Gasteiger partial charge < -0.3 is 15.4 Å². The molecule has 0 spiro atoms. The van der Waals surface area contributed by atoms with Gasteiger partial charge in [0, 0.05) is 18.2 Å². The molecule has 1 aromatic carbocycles. The third-order valence-corrected chi connectivity index (χ3v) is 3.93. The van der Waals surface area contributed by atoms with Gasteiger partial charge in [-0.05, 0) is 62.9 Å². The fourth-order valence-electron chi connectivity index (χ4n) is 2.51. The summed E-state index contributed by atoms with van der Waals surface area (Å²) >= 11 is 0. The Labute approximate surface area is 120 Å². The third kappa shape index (κ3) is 3.51. The molecule has 1 aromatic rings. The van der Waals surface area contributed by atoms with Crippen molar-refractivity contribution in [3.8, 4) is 5.75 Å². The first-order valence-electron chi connectivity index (χ1n) is 7.33. The van der Waals surface area contributed by atoms with Crippen LogP contribution in [0.15, 0.2) is 24.3 Å². The van der Waals surface area contributed by atoms with Gasteiger partial charge in [-0.15, -0.1) is 0 Å². The Morgan fingerprint density at radius 1 is 1.40 bits per heavy atom. The van der Waals surface area contributed by atoms with Gasteiger partial charge in [-0.2, -0.15) is 0 Å². The molecule has 0 heterocycles. The van der Waals surface area contributed by atoms with Crippen LogP contribution < -0.4 is 15.4 Å². The van der Waals surface area contributed by atoms with Crippen molar-refractivity contribution in [2.45, 2.75) is 38.6 Å². The molecule has 0 aliphatic heterocycles. The molecule has 110 valence electrons. The van der Waals surface area contributed by atoms with Crippen LogP contribution in [0.25, 0.3) is 0 Å². The van der Waals surface area contributed by atoms with E-state index in [1.165, 1.54) is 12.8 Å². The molecular weight excluding hydrogens is 252 g/mol.